The molecule has 1 aromatic rings. The molecule has 180 valence electrons. The van der Waals surface area contributed by atoms with Gasteiger partial charge in [0.05, 0.1) is 28.7 Å². The second-order valence-corrected chi connectivity index (χ2v) is 8.31. The molecule has 0 unspecified atom stereocenters. The molecule has 2 atom stereocenters. The number of hydroxylamine groups is 2. The fourth-order valence-corrected chi connectivity index (χ4v) is 4.03. The summed E-state index contributed by atoms with van der Waals surface area (Å²) < 4.78 is 10.6. The van der Waals surface area contributed by atoms with E-state index in [2.05, 4.69) is 25.1 Å². The second-order valence-electron chi connectivity index (χ2n) is 6.93. The van der Waals surface area contributed by atoms with Crippen molar-refractivity contribution in [2.75, 3.05) is 31.7 Å². The van der Waals surface area contributed by atoms with Gasteiger partial charge in [0.2, 0.25) is 5.91 Å². The zero-order valence-corrected chi connectivity index (χ0v) is 19.6. The van der Waals surface area contributed by atoms with Crippen LogP contribution in [0.5, 0.6) is 5.75 Å². The van der Waals surface area contributed by atoms with E-state index in [1.54, 1.807) is 5.94 Å². The van der Waals surface area contributed by atoms with E-state index in [9.17, 15) is 19.2 Å². The predicted octanol–water partition coefficient (Wildman–Crippen LogP) is 2.74. The Labute approximate surface area is 202 Å². The van der Waals surface area contributed by atoms with Gasteiger partial charge >= 0.3 is 5.97 Å². The van der Waals surface area contributed by atoms with Gasteiger partial charge in [-0.15, -0.1) is 6.58 Å². The Morgan fingerprint density at radius 2 is 1.88 bits per heavy atom. The summed E-state index contributed by atoms with van der Waals surface area (Å²) in [5.41, 5.74) is 0.547. The van der Waals surface area contributed by atoms with Gasteiger partial charge in [-0.1, -0.05) is 43.1 Å². The molecular formula is C24H26N2O7S. The third-order valence-corrected chi connectivity index (χ3v) is 5.49. The average molecular weight is 487 g/mol. The maximum absolute atomic E-state index is 13.2. The highest BCUT2D eigenvalue weighted by molar-refractivity contribution is 8.14. The first-order chi connectivity index (χ1) is 16.4. The van der Waals surface area contributed by atoms with Gasteiger partial charge < -0.3 is 14.8 Å². The van der Waals surface area contributed by atoms with E-state index >= 15 is 0 Å². The summed E-state index contributed by atoms with van der Waals surface area (Å²) in [6, 6.07) is 3.25. The minimum absolute atomic E-state index is 0.0443. The van der Waals surface area contributed by atoms with Crippen LogP contribution < -0.4 is 10.1 Å². The van der Waals surface area contributed by atoms with E-state index in [1.165, 1.54) is 48.4 Å². The molecule has 0 aromatic heterocycles. The number of ether oxygens (including phenoxy) is 2. The molecule has 1 heterocycles. The maximum atomic E-state index is 13.2. The fraction of sp³-hybridized carbons (Fsp3) is 0.292. The number of benzene rings is 1. The highest BCUT2D eigenvalue weighted by Gasteiger charge is 2.44. The molecule has 1 aromatic carbocycles. The molecule has 9 nitrogen and oxygen atoms in total. The minimum atomic E-state index is -1.13. The second kappa shape index (κ2) is 13.3. The number of esters is 1. The van der Waals surface area contributed by atoms with Gasteiger partial charge in [-0.05, 0) is 18.2 Å². The van der Waals surface area contributed by atoms with E-state index in [-0.39, 0.29) is 54.1 Å². The van der Waals surface area contributed by atoms with Crippen molar-refractivity contribution in [3.8, 4) is 5.75 Å². The van der Waals surface area contributed by atoms with Crippen molar-refractivity contribution >= 4 is 40.4 Å². The van der Waals surface area contributed by atoms with Crippen molar-refractivity contribution in [3.05, 3.63) is 67.3 Å². The number of amides is 1. The smallest absolute Gasteiger partial charge is 0.338 e. The first-order valence-corrected chi connectivity index (χ1v) is 11.1. The van der Waals surface area contributed by atoms with Gasteiger partial charge in [0.25, 0.3) is 0 Å². The number of hydrogen-bond donors (Lipinski definition) is 1. The van der Waals surface area contributed by atoms with Crippen LogP contribution in [0.4, 0.5) is 5.69 Å². The lowest BCUT2D eigenvalue weighted by Crippen LogP contribution is -2.40. The van der Waals surface area contributed by atoms with Crippen LogP contribution in [0.2, 0.25) is 0 Å². The maximum Gasteiger partial charge on any atom is 0.338 e. The number of carbonyl (C=O) groups is 3. The zero-order valence-electron chi connectivity index (χ0n) is 18.8. The highest BCUT2D eigenvalue weighted by Crippen LogP contribution is 2.34. The summed E-state index contributed by atoms with van der Waals surface area (Å²) >= 11 is 0.925. The Bertz CT molecular complexity index is 1020. The average Bonchev–Trinajstić information content (AvgIpc) is 3.16. The summed E-state index contributed by atoms with van der Waals surface area (Å²) in [6.45, 7) is 12.4. The Balaban J connectivity index is 2.34. The van der Waals surface area contributed by atoms with E-state index in [4.69, 9.17) is 14.3 Å². The molecule has 1 aliphatic rings. The van der Waals surface area contributed by atoms with Crippen LogP contribution in [0.15, 0.2) is 61.7 Å². The van der Waals surface area contributed by atoms with Crippen LogP contribution in [0.1, 0.15) is 17.3 Å². The molecule has 0 bridgehead atoms. The van der Waals surface area contributed by atoms with Gasteiger partial charge in [0.15, 0.2) is 5.12 Å². The van der Waals surface area contributed by atoms with Crippen LogP contribution in [-0.2, 0) is 24.0 Å². The Kier molecular flexibility index (Phi) is 10.5. The number of carbonyl (C=O) groups excluding carboxylic acids is 4. The monoisotopic (exact) mass is 486 g/mol. The number of hydrogen-bond acceptors (Lipinski definition) is 9. The van der Waals surface area contributed by atoms with Crippen LogP contribution >= 0.6 is 11.8 Å². The number of thioether (sulfide) groups is 1. The van der Waals surface area contributed by atoms with Crippen molar-refractivity contribution < 1.29 is 33.5 Å². The Morgan fingerprint density at radius 3 is 2.50 bits per heavy atom. The molecule has 2 rings (SSSR count). The number of nitrogens with zero attached hydrogens (tertiary/aromatic N) is 1. The van der Waals surface area contributed by atoms with Crippen molar-refractivity contribution in [1.82, 2.24) is 5.06 Å². The lowest BCUT2D eigenvalue weighted by molar-refractivity contribution is -0.163. The van der Waals surface area contributed by atoms with Crippen molar-refractivity contribution in [2.24, 2.45) is 0 Å². The van der Waals surface area contributed by atoms with Gasteiger partial charge in [-0.3, -0.25) is 14.4 Å². The summed E-state index contributed by atoms with van der Waals surface area (Å²) in [4.78, 5) is 54.4. The first kappa shape index (κ1) is 26.8. The molecule has 10 heteroatoms. The summed E-state index contributed by atoms with van der Waals surface area (Å²) in [7, 11) is 0. The normalized spacial score (nSPS) is 17.4. The van der Waals surface area contributed by atoms with Crippen molar-refractivity contribution in [2.45, 2.75) is 18.2 Å². The number of nitrogens with one attached hydrogen (secondary N) is 1. The van der Waals surface area contributed by atoms with Crippen molar-refractivity contribution in [3.63, 3.8) is 0 Å². The molecule has 0 aliphatic carbocycles. The molecule has 34 heavy (non-hydrogen) atoms. The van der Waals surface area contributed by atoms with Crippen molar-refractivity contribution in [1.29, 1.82) is 0 Å². The molecule has 0 saturated carbocycles. The largest absolute Gasteiger partial charge is 0.487 e. The van der Waals surface area contributed by atoms with Crippen LogP contribution in [0.25, 0.3) is 0 Å². The molecule has 1 N–H and O–H groups in total. The third-order valence-electron chi connectivity index (χ3n) is 4.47. The lowest BCUT2D eigenvalue weighted by Gasteiger charge is -2.22. The van der Waals surface area contributed by atoms with Gasteiger partial charge in [-0.2, -0.15) is 5.06 Å². The SMILES string of the molecule is C=CCOC(=O)c1ccc(NC(=O)[C@@H]2C(=C=O)[C@H](SC(C)=O)CN2OCC=C)c(OCC=C)c1. The molecule has 1 aliphatic heterocycles. The Morgan fingerprint density at radius 1 is 1.18 bits per heavy atom. The fourth-order valence-electron chi connectivity index (χ4n) is 3.11. The number of anilines is 1. The summed E-state index contributed by atoms with van der Waals surface area (Å²) in [6.07, 6.45) is 4.45. The predicted molar refractivity (Wildman–Crippen MR) is 129 cm³/mol. The van der Waals surface area contributed by atoms with Crippen LogP contribution in [0.3, 0.4) is 0 Å². The number of rotatable bonds is 12. The van der Waals surface area contributed by atoms with Crippen LogP contribution in [-0.4, -0.2) is 65.7 Å². The molecule has 1 amide bonds. The summed E-state index contributed by atoms with van der Waals surface area (Å²) in [5.74, 6) is 0.820. The van der Waals surface area contributed by atoms with E-state index < -0.39 is 23.2 Å². The lowest BCUT2D eigenvalue weighted by atomic mass is 10.1. The van der Waals surface area contributed by atoms with E-state index in [0.717, 1.165) is 11.8 Å². The van der Waals surface area contributed by atoms with E-state index in [0.29, 0.717) is 0 Å². The van der Waals surface area contributed by atoms with Gasteiger partial charge in [-0.25, -0.2) is 9.59 Å². The highest BCUT2D eigenvalue weighted by atomic mass is 32.2. The standard InChI is InChI=1S/C24H26N2O7S/c1-5-10-31-20-13-17(24(30)32-11-6-2)8-9-19(20)25-23(29)22-18(15-27)21(34-16(4)28)14-26(22)33-12-7-3/h5-9,13,21-22H,1-3,10-12,14H2,4H3,(H,25,29)/t21-,22+/m1/s1. The topological polar surface area (TPSA) is 111 Å². The molecular weight excluding hydrogens is 460 g/mol. The molecule has 1 saturated heterocycles. The quantitative estimate of drug-likeness (QED) is 0.271. The van der Waals surface area contributed by atoms with Gasteiger partial charge in [0, 0.05) is 13.5 Å². The first-order valence-electron chi connectivity index (χ1n) is 10.2. The van der Waals surface area contributed by atoms with Gasteiger partial charge in [0.1, 0.15) is 30.9 Å². The summed E-state index contributed by atoms with van der Waals surface area (Å²) in [5, 5.41) is 3.23. The zero-order chi connectivity index (χ0) is 25.1. The molecule has 0 spiro atoms. The third kappa shape index (κ3) is 7.03. The molecule has 0 radical (unpaired) electrons. The Hall–Kier alpha value is -3.43. The minimum Gasteiger partial charge on any atom is -0.487 e. The molecule has 1 fully saturated rings. The van der Waals surface area contributed by atoms with E-state index in [1.807, 2.05) is 0 Å². The van der Waals surface area contributed by atoms with Crippen LogP contribution in [0, 0.1) is 0 Å².